The van der Waals surface area contributed by atoms with E-state index >= 15 is 0 Å². The van der Waals surface area contributed by atoms with Crippen LogP contribution in [-0.4, -0.2) is 4.40 Å². The zero-order valence-corrected chi connectivity index (χ0v) is 18.4. The average molecular weight is 418 g/mol. The van der Waals surface area contributed by atoms with Gasteiger partial charge in [-0.25, -0.2) is 0 Å². The highest BCUT2D eigenvalue weighted by atomic mass is 16.5. The third kappa shape index (κ3) is 4.04. The first-order chi connectivity index (χ1) is 15.8. The molecule has 3 aromatic carbocycles. The first kappa shape index (κ1) is 20.1. The van der Waals surface area contributed by atoms with Crippen molar-refractivity contribution < 1.29 is 4.74 Å². The molecule has 0 fully saturated rings. The molecule has 158 valence electrons. The van der Waals surface area contributed by atoms with Gasteiger partial charge in [-0.2, -0.15) is 0 Å². The highest BCUT2D eigenvalue weighted by molar-refractivity contribution is 5.69. The second-order valence-electron chi connectivity index (χ2n) is 8.07. The molecule has 0 amide bonds. The number of benzene rings is 3. The molecule has 5 aromatic rings. The number of hydrogen-bond donors (Lipinski definition) is 0. The van der Waals surface area contributed by atoms with E-state index in [0.29, 0.717) is 6.61 Å². The van der Waals surface area contributed by atoms with Gasteiger partial charge in [0.15, 0.2) is 0 Å². The minimum Gasteiger partial charge on any atom is -0.487 e. The van der Waals surface area contributed by atoms with E-state index < -0.39 is 0 Å². The lowest BCUT2D eigenvalue weighted by molar-refractivity contribution is 0.309. The highest BCUT2D eigenvalue weighted by Gasteiger charge is 2.15. The molecule has 32 heavy (non-hydrogen) atoms. The number of aryl methyl sites for hydroxylation is 1. The van der Waals surface area contributed by atoms with Gasteiger partial charge in [-0.05, 0) is 52.4 Å². The molecule has 0 bridgehead atoms. The standard InChI is InChI=1S/C30H27NO/c1-2-24-20-29-30(32-22-23-12-5-3-6-13-23)18-11-19-31(29)28(24)21-26-16-9-10-17-27(26)25-14-7-4-8-15-25/h3-20H,2,21-22H2,1H3. The maximum atomic E-state index is 6.24. The summed E-state index contributed by atoms with van der Waals surface area (Å²) in [4.78, 5) is 0. The first-order valence-electron chi connectivity index (χ1n) is 11.3. The van der Waals surface area contributed by atoms with E-state index in [2.05, 4.69) is 102 Å². The summed E-state index contributed by atoms with van der Waals surface area (Å²) in [6, 6.07) is 36.2. The van der Waals surface area contributed by atoms with E-state index in [4.69, 9.17) is 4.74 Å². The zero-order chi connectivity index (χ0) is 21.8. The van der Waals surface area contributed by atoms with Crippen LogP contribution < -0.4 is 4.74 Å². The van der Waals surface area contributed by atoms with Gasteiger partial charge in [0.25, 0.3) is 0 Å². The van der Waals surface area contributed by atoms with Crippen LogP contribution >= 0.6 is 0 Å². The van der Waals surface area contributed by atoms with Crippen LogP contribution in [-0.2, 0) is 19.4 Å². The molecular weight excluding hydrogens is 390 g/mol. The lowest BCUT2D eigenvalue weighted by atomic mass is 9.95. The monoisotopic (exact) mass is 417 g/mol. The molecule has 0 aliphatic heterocycles. The summed E-state index contributed by atoms with van der Waals surface area (Å²) in [5.74, 6) is 0.925. The summed E-state index contributed by atoms with van der Waals surface area (Å²) in [5, 5.41) is 0. The number of hydrogen-bond acceptors (Lipinski definition) is 1. The SMILES string of the molecule is CCc1cc2c(OCc3ccccc3)cccn2c1Cc1ccccc1-c1ccccc1. The number of rotatable bonds is 7. The maximum absolute atomic E-state index is 6.24. The normalized spacial score (nSPS) is 11.0. The third-order valence-corrected chi connectivity index (χ3v) is 6.05. The van der Waals surface area contributed by atoms with Crippen LogP contribution in [0.1, 0.15) is 29.3 Å². The zero-order valence-electron chi connectivity index (χ0n) is 18.4. The molecule has 2 nitrogen and oxygen atoms in total. The van der Waals surface area contributed by atoms with Gasteiger partial charge in [0.1, 0.15) is 12.4 Å². The minimum absolute atomic E-state index is 0.569. The van der Waals surface area contributed by atoms with Crippen LogP contribution in [0, 0.1) is 0 Å². The number of aromatic nitrogens is 1. The molecule has 5 rings (SSSR count). The molecule has 0 aliphatic rings. The van der Waals surface area contributed by atoms with Crippen molar-refractivity contribution in [3.05, 3.63) is 132 Å². The largest absolute Gasteiger partial charge is 0.487 e. The molecule has 0 aliphatic carbocycles. The summed E-state index contributed by atoms with van der Waals surface area (Å²) in [7, 11) is 0. The van der Waals surface area contributed by atoms with Gasteiger partial charge in [-0.15, -0.1) is 0 Å². The second-order valence-corrected chi connectivity index (χ2v) is 8.07. The van der Waals surface area contributed by atoms with Crippen molar-refractivity contribution in [2.45, 2.75) is 26.4 Å². The molecule has 0 N–H and O–H groups in total. The van der Waals surface area contributed by atoms with E-state index in [9.17, 15) is 0 Å². The van der Waals surface area contributed by atoms with Gasteiger partial charge in [-0.1, -0.05) is 91.9 Å². The fourth-order valence-corrected chi connectivity index (χ4v) is 4.40. The highest BCUT2D eigenvalue weighted by Crippen LogP contribution is 2.31. The van der Waals surface area contributed by atoms with Crippen LogP contribution in [0.15, 0.2) is 109 Å². The lowest BCUT2D eigenvalue weighted by Gasteiger charge is -2.13. The summed E-state index contributed by atoms with van der Waals surface area (Å²) in [6.07, 6.45) is 4.03. The van der Waals surface area contributed by atoms with Gasteiger partial charge in [0, 0.05) is 18.3 Å². The Morgan fingerprint density at radius 3 is 2.22 bits per heavy atom. The van der Waals surface area contributed by atoms with Crippen molar-refractivity contribution in [3.63, 3.8) is 0 Å². The number of ether oxygens (including phenoxy) is 1. The van der Waals surface area contributed by atoms with Crippen LogP contribution in [0.3, 0.4) is 0 Å². The Morgan fingerprint density at radius 2 is 1.44 bits per heavy atom. The van der Waals surface area contributed by atoms with E-state index in [0.717, 1.165) is 24.1 Å². The van der Waals surface area contributed by atoms with Gasteiger partial charge in [0.2, 0.25) is 0 Å². The molecular formula is C30H27NO. The van der Waals surface area contributed by atoms with Gasteiger partial charge in [-0.3, -0.25) is 0 Å². The van der Waals surface area contributed by atoms with Crippen LogP contribution in [0.25, 0.3) is 16.6 Å². The van der Waals surface area contributed by atoms with Crippen molar-refractivity contribution >= 4 is 5.52 Å². The average Bonchev–Trinajstić information content (AvgIpc) is 3.22. The minimum atomic E-state index is 0.569. The van der Waals surface area contributed by atoms with Crippen molar-refractivity contribution in [1.82, 2.24) is 4.40 Å². The maximum Gasteiger partial charge on any atom is 0.143 e. The molecule has 0 saturated carbocycles. The Morgan fingerprint density at radius 1 is 0.719 bits per heavy atom. The third-order valence-electron chi connectivity index (χ3n) is 6.05. The van der Waals surface area contributed by atoms with Crippen molar-refractivity contribution in [2.75, 3.05) is 0 Å². The van der Waals surface area contributed by atoms with E-state index in [1.54, 1.807) is 0 Å². The van der Waals surface area contributed by atoms with Crippen molar-refractivity contribution in [3.8, 4) is 16.9 Å². The predicted molar refractivity (Wildman–Crippen MR) is 132 cm³/mol. The summed E-state index contributed by atoms with van der Waals surface area (Å²) >= 11 is 0. The first-order valence-corrected chi connectivity index (χ1v) is 11.3. The topological polar surface area (TPSA) is 13.6 Å². The molecule has 2 heteroatoms. The van der Waals surface area contributed by atoms with E-state index in [1.165, 1.54) is 33.5 Å². The Hall–Kier alpha value is -3.78. The summed E-state index contributed by atoms with van der Waals surface area (Å²) in [5.41, 5.74) is 8.89. The van der Waals surface area contributed by atoms with E-state index in [-0.39, 0.29) is 0 Å². The predicted octanol–water partition coefficient (Wildman–Crippen LogP) is 7.34. The molecule has 0 unspecified atom stereocenters. The summed E-state index contributed by atoms with van der Waals surface area (Å²) in [6.45, 7) is 2.80. The van der Waals surface area contributed by atoms with Gasteiger partial charge >= 0.3 is 0 Å². The van der Waals surface area contributed by atoms with Crippen LogP contribution in [0.4, 0.5) is 0 Å². The Balaban J connectivity index is 1.52. The molecule has 0 saturated heterocycles. The fraction of sp³-hybridized carbons (Fsp3) is 0.133. The van der Waals surface area contributed by atoms with Crippen LogP contribution in [0.5, 0.6) is 5.75 Å². The smallest absolute Gasteiger partial charge is 0.143 e. The molecule has 0 atom stereocenters. The molecule has 0 spiro atoms. The van der Waals surface area contributed by atoms with Crippen LogP contribution in [0.2, 0.25) is 0 Å². The number of pyridine rings is 1. The van der Waals surface area contributed by atoms with Crippen molar-refractivity contribution in [2.24, 2.45) is 0 Å². The lowest BCUT2D eigenvalue weighted by Crippen LogP contribution is -2.01. The second kappa shape index (κ2) is 9.15. The Bertz CT molecular complexity index is 1320. The molecule has 2 heterocycles. The van der Waals surface area contributed by atoms with Gasteiger partial charge < -0.3 is 9.14 Å². The Labute approximate surface area is 189 Å². The van der Waals surface area contributed by atoms with Crippen molar-refractivity contribution in [1.29, 1.82) is 0 Å². The Kier molecular flexibility index (Phi) is 5.76. The van der Waals surface area contributed by atoms with E-state index in [1.807, 2.05) is 18.2 Å². The fourth-order valence-electron chi connectivity index (χ4n) is 4.40. The van der Waals surface area contributed by atoms with Gasteiger partial charge in [0.05, 0.1) is 5.52 Å². The number of fused-ring (bicyclic) bond motifs is 1. The summed E-state index contributed by atoms with van der Waals surface area (Å²) < 4.78 is 8.55. The number of nitrogens with zero attached hydrogens (tertiary/aromatic N) is 1. The molecule has 0 radical (unpaired) electrons. The molecule has 2 aromatic heterocycles. The quantitative estimate of drug-likeness (QED) is 0.270.